The van der Waals surface area contributed by atoms with E-state index in [2.05, 4.69) is 5.32 Å². The number of amides is 1. The largest absolute Gasteiger partial charge is 0.444 e. The fourth-order valence-electron chi connectivity index (χ4n) is 2.92. The number of nitrogens with one attached hydrogen (secondary N) is 1. The van der Waals surface area contributed by atoms with Gasteiger partial charge in [0.25, 0.3) is 0 Å². The van der Waals surface area contributed by atoms with Gasteiger partial charge < -0.3 is 15.0 Å². The number of hydrogen-bond donors (Lipinski definition) is 1. The summed E-state index contributed by atoms with van der Waals surface area (Å²) < 4.78 is 5.41. The number of nitrogens with zero attached hydrogens (tertiary/aromatic N) is 1. The van der Waals surface area contributed by atoms with Gasteiger partial charge in [0.2, 0.25) is 0 Å². The van der Waals surface area contributed by atoms with Crippen molar-refractivity contribution >= 4 is 6.09 Å². The summed E-state index contributed by atoms with van der Waals surface area (Å²) in [5, 5.41) is 3.57. The Labute approximate surface area is 110 Å². The average Bonchev–Trinajstić information content (AvgIpc) is 2.80. The smallest absolute Gasteiger partial charge is 0.410 e. The molecule has 0 aliphatic carbocycles. The van der Waals surface area contributed by atoms with Crippen LogP contribution in [0.2, 0.25) is 0 Å². The molecule has 2 fully saturated rings. The standard InChI is InChI=1S/C14H26N2O2/c1-14(2,3)18-13(17)16-9-6-11(7-10-16)12-5-4-8-15-12/h11-12,15H,4-10H2,1-3H3/t12-/m0/s1. The van der Waals surface area contributed by atoms with Crippen LogP contribution in [0.15, 0.2) is 0 Å². The van der Waals surface area contributed by atoms with Gasteiger partial charge in [0.15, 0.2) is 0 Å². The number of ether oxygens (including phenoxy) is 1. The third-order valence-corrected chi connectivity index (χ3v) is 3.86. The molecule has 2 heterocycles. The molecule has 104 valence electrons. The normalized spacial score (nSPS) is 26.4. The number of carbonyl (C=O) groups excluding carboxylic acids is 1. The molecule has 0 aromatic carbocycles. The lowest BCUT2D eigenvalue weighted by molar-refractivity contribution is 0.0172. The summed E-state index contributed by atoms with van der Waals surface area (Å²) in [6.07, 6.45) is 4.67. The Kier molecular flexibility index (Phi) is 4.15. The van der Waals surface area contributed by atoms with Crippen LogP contribution < -0.4 is 5.32 Å². The van der Waals surface area contributed by atoms with Crippen molar-refractivity contribution in [1.82, 2.24) is 10.2 Å². The first-order valence-corrected chi connectivity index (χ1v) is 7.17. The third kappa shape index (κ3) is 3.61. The fourth-order valence-corrected chi connectivity index (χ4v) is 2.92. The lowest BCUT2D eigenvalue weighted by atomic mass is 9.89. The molecule has 0 aromatic rings. The molecule has 18 heavy (non-hydrogen) atoms. The SMILES string of the molecule is CC(C)(C)OC(=O)N1CCC([C@@H]2CCCN2)CC1. The topological polar surface area (TPSA) is 41.6 Å². The lowest BCUT2D eigenvalue weighted by Crippen LogP contribution is -2.45. The Morgan fingerprint density at radius 2 is 1.89 bits per heavy atom. The van der Waals surface area contributed by atoms with E-state index in [0.717, 1.165) is 38.4 Å². The van der Waals surface area contributed by atoms with Gasteiger partial charge in [0.05, 0.1) is 0 Å². The summed E-state index contributed by atoms with van der Waals surface area (Å²) in [6, 6.07) is 0.686. The van der Waals surface area contributed by atoms with Gasteiger partial charge in [-0.2, -0.15) is 0 Å². The minimum Gasteiger partial charge on any atom is -0.444 e. The predicted octanol–water partition coefficient (Wildman–Crippen LogP) is 2.39. The first kappa shape index (κ1) is 13.7. The molecule has 4 nitrogen and oxygen atoms in total. The molecule has 0 bridgehead atoms. The summed E-state index contributed by atoms with van der Waals surface area (Å²) in [6.45, 7) is 8.60. The average molecular weight is 254 g/mol. The molecule has 2 rings (SSSR count). The van der Waals surface area contributed by atoms with E-state index in [0.29, 0.717) is 6.04 Å². The quantitative estimate of drug-likeness (QED) is 0.781. The highest BCUT2D eigenvalue weighted by atomic mass is 16.6. The lowest BCUT2D eigenvalue weighted by Gasteiger charge is -2.35. The summed E-state index contributed by atoms with van der Waals surface area (Å²) in [5.41, 5.74) is -0.388. The molecule has 0 aromatic heterocycles. The number of likely N-dealkylation sites (tertiary alicyclic amines) is 1. The molecule has 2 saturated heterocycles. The highest BCUT2D eigenvalue weighted by molar-refractivity contribution is 5.68. The number of carbonyl (C=O) groups is 1. The number of rotatable bonds is 1. The van der Waals surface area contributed by atoms with Gasteiger partial charge in [-0.25, -0.2) is 4.79 Å². The number of hydrogen-bond acceptors (Lipinski definition) is 3. The van der Waals surface area contributed by atoms with Gasteiger partial charge in [-0.05, 0) is 58.9 Å². The van der Waals surface area contributed by atoms with E-state index < -0.39 is 0 Å². The minimum atomic E-state index is -0.388. The van der Waals surface area contributed by atoms with Crippen LogP contribution in [0.3, 0.4) is 0 Å². The Bertz CT molecular complexity index is 285. The molecule has 0 spiro atoms. The van der Waals surface area contributed by atoms with Crippen molar-refractivity contribution in [3.8, 4) is 0 Å². The highest BCUT2D eigenvalue weighted by Gasteiger charge is 2.31. The van der Waals surface area contributed by atoms with E-state index >= 15 is 0 Å². The van der Waals surface area contributed by atoms with Crippen molar-refractivity contribution < 1.29 is 9.53 Å². The highest BCUT2D eigenvalue weighted by Crippen LogP contribution is 2.26. The van der Waals surface area contributed by atoms with Gasteiger partial charge in [-0.15, -0.1) is 0 Å². The maximum atomic E-state index is 11.9. The molecule has 0 radical (unpaired) electrons. The van der Waals surface area contributed by atoms with Crippen LogP contribution in [0.4, 0.5) is 4.79 Å². The van der Waals surface area contributed by atoms with Gasteiger partial charge in [-0.3, -0.25) is 0 Å². The molecule has 0 unspecified atom stereocenters. The van der Waals surface area contributed by atoms with Crippen molar-refractivity contribution in [3.63, 3.8) is 0 Å². The van der Waals surface area contributed by atoms with Crippen molar-refractivity contribution in [3.05, 3.63) is 0 Å². The van der Waals surface area contributed by atoms with Crippen LogP contribution in [-0.4, -0.2) is 42.3 Å². The predicted molar refractivity (Wildman–Crippen MR) is 71.6 cm³/mol. The molecular weight excluding hydrogens is 228 g/mol. The van der Waals surface area contributed by atoms with Crippen LogP contribution in [0.1, 0.15) is 46.5 Å². The Morgan fingerprint density at radius 3 is 2.39 bits per heavy atom. The second kappa shape index (κ2) is 5.47. The first-order valence-electron chi connectivity index (χ1n) is 7.17. The zero-order valence-electron chi connectivity index (χ0n) is 11.9. The minimum absolute atomic E-state index is 0.152. The molecular formula is C14H26N2O2. The fraction of sp³-hybridized carbons (Fsp3) is 0.929. The van der Waals surface area contributed by atoms with Crippen LogP contribution in [0.25, 0.3) is 0 Å². The van der Waals surface area contributed by atoms with Crippen LogP contribution in [0, 0.1) is 5.92 Å². The number of piperidine rings is 1. The maximum Gasteiger partial charge on any atom is 0.410 e. The van der Waals surface area contributed by atoms with Gasteiger partial charge in [0, 0.05) is 19.1 Å². The summed E-state index contributed by atoms with van der Waals surface area (Å²) >= 11 is 0. The van der Waals surface area contributed by atoms with E-state index in [1.807, 2.05) is 25.7 Å². The summed E-state index contributed by atoms with van der Waals surface area (Å²) in [4.78, 5) is 13.8. The van der Waals surface area contributed by atoms with E-state index in [1.54, 1.807) is 0 Å². The summed E-state index contributed by atoms with van der Waals surface area (Å²) in [7, 11) is 0. The molecule has 4 heteroatoms. The molecule has 1 N–H and O–H groups in total. The monoisotopic (exact) mass is 254 g/mol. The molecule has 1 atom stereocenters. The molecule has 1 amide bonds. The van der Waals surface area contributed by atoms with Crippen molar-refractivity contribution in [2.75, 3.05) is 19.6 Å². The van der Waals surface area contributed by atoms with E-state index in [1.165, 1.54) is 12.8 Å². The van der Waals surface area contributed by atoms with Crippen molar-refractivity contribution in [2.45, 2.75) is 58.1 Å². The summed E-state index contributed by atoms with van der Waals surface area (Å²) in [5.74, 6) is 0.742. The molecule has 2 aliphatic rings. The second-order valence-electron chi connectivity index (χ2n) is 6.51. The van der Waals surface area contributed by atoms with Crippen molar-refractivity contribution in [2.24, 2.45) is 5.92 Å². The van der Waals surface area contributed by atoms with Crippen LogP contribution in [0.5, 0.6) is 0 Å². The van der Waals surface area contributed by atoms with Crippen molar-refractivity contribution in [1.29, 1.82) is 0 Å². The van der Waals surface area contributed by atoms with E-state index in [4.69, 9.17) is 4.74 Å². The van der Waals surface area contributed by atoms with Gasteiger partial charge >= 0.3 is 6.09 Å². The Hall–Kier alpha value is -0.770. The van der Waals surface area contributed by atoms with E-state index in [9.17, 15) is 4.79 Å². The van der Waals surface area contributed by atoms with Gasteiger partial charge in [0.1, 0.15) is 5.60 Å². The maximum absolute atomic E-state index is 11.9. The van der Waals surface area contributed by atoms with E-state index in [-0.39, 0.29) is 11.7 Å². The first-order chi connectivity index (χ1) is 8.46. The zero-order valence-corrected chi connectivity index (χ0v) is 11.9. The van der Waals surface area contributed by atoms with Crippen LogP contribution >= 0.6 is 0 Å². The van der Waals surface area contributed by atoms with Crippen LogP contribution in [-0.2, 0) is 4.74 Å². The molecule has 2 aliphatic heterocycles. The third-order valence-electron chi connectivity index (χ3n) is 3.86. The molecule has 0 saturated carbocycles. The second-order valence-corrected chi connectivity index (χ2v) is 6.51. The zero-order chi connectivity index (χ0) is 13.2. The Morgan fingerprint density at radius 1 is 1.22 bits per heavy atom. The Balaban J connectivity index is 1.77. The van der Waals surface area contributed by atoms with Gasteiger partial charge in [-0.1, -0.05) is 0 Å².